The summed E-state index contributed by atoms with van der Waals surface area (Å²) in [6, 6.07) is 26.5. The first-order chi connectivity index (χ1) is 13.2. The smallest absolute Gasteiger partial charge is 0.326 e. The number of nitrogens with zero attached hydrogens (tertiary/aromatic N) is 1. The highest BCUT2D eigenvalue weighted by Gasteiger charge is 2.28. The molecule has 4 rings (SSSR count). The molecule has 1 atom stereocenters. The molecule has 1 heterocycles. The molecule has 1 unspecified atom stereocenters. The van der Waals surface area contributed by atoms with Gasteiger partial charge < -0.3 is 5.32 Å². The molecule has 3 nitrogen and oxygen atoms in total. The predicted octanol–water partition coefficient (Wildman–Crippen LogP) is 6.02. The fraction of sp³-hybridized carbons (Fsp3) is 0.174. The number of urea groups is 1. The molecule has 0 bridgehead atoms. The number of benzene rings is 3. The largest absolute Gasteiger partial charge is 0.335 e. The lowest BCUT2D eigenvalue weighted by molar-refractivity contribution is 0.245. The summed E-state index contributed by atoms with van der Waals surface area (Å²) in [6.45, 7) is 2.07. The zero-order valence-electron chi connectivity index (χ0n) is 15.3. The Balaban J connectivity index is 1.51. The first-order valence-electron chi connectivity index (χ1n) is 9.23. The minimum Gasteiger partial charge on any atom is -0.335 e. The van der Waals surface area contributed by atoms with E-state index < -0.39 is 0 Å². The van der Waals surface area contributed by atoms with E-state index in [1.807, 2.05) is 42.5 Å². The van der Waals surface area contributed by atoms with Crippen LogP contribution in [0.3, 0.4) is 0 Å². The number of nitrogens with one attached hydrogen (secondary N) is 1. The molecule has 0 saturated carbocycles. The zero-order chi connectivity index (χ0) is 18.6. The van der Waals surface area contributed by atoms with Crippen LogP contribution in [0.15, 0.2) is 88.7 Å². The lowest BCUT2D eigenvalue weighted by Gasteiger charge is -2.32. The second kappa shape index (κ2) is 7.89. The maximum Gasteiger partial charge on any atom is 0.326 e. The van der Waals surface area contributed by atoms with Crippen LogP contribution in [0, 0.1) is 0 Å². The van der Waals surface area contributed by atoms with Crippen molar-refractivity contribution in [2.75, 3.05) is 4.90 Å². The van der Waals surface area contributed by atoms with Crippen LogP contribution in [-0.4, -0.2) is 12.1 Å². The lowest BCUT2D eigenvalue weighted by atomic mass is 10.1. The number of carbonyl (C=O) groups excluding carboxylic acids is 1. The summed E-state index contributed by atoms with van der Waals surface area (Å²) >= 11 is 1.71. The van der Waals surface area contributed by atoms with Crippen molar-refractivity contribution < 1.29 is 4.79 Å². The van der Waals surface area contributed by atoms with Crippen LogP contribution in [0.4, 0.5) is 16.2 Å². The monoisotopic (exact) mass is 374 g/mol. The summed E-state index contributed by atoms with van der Waals surface area (Å²) in [5, 5.41) is 3.18. The van der Waals surface area contributed by atoms with Gasteiger partial charge in [-0.3, -0.25) is 4.90 Å². The Morgan fingerprint density at radius 3 is 2.07 bits per heavy atom. The highest BCUT2D eigenvalue weighted by atomic mass is 32.2. The number of fused-ring (bicyclic) bond motifs is 2. The van der Waals surface area contributed by atoms with E-state index in [0.29, 0.717) is 0 Å². The Kier molecular flexibility index (Phi) is 5.16. The van der Waals surface area contributed by atoms with Crippen molar-refractivity contribution >= 4 is 29.2 Å². The summed E-state index contributed by atoms with van der Waals surface area (Å²) < 4.78 is 0. The number of carbonyl (C=O) groups is 1. The molecule has 1 aliphatic heterocycles. The quantitative estimate of drug-likeness (QED) is 0.605. The fourth-order valence-corrected chi connectivity index (χ4v) is 4.36. The highest BCUT2D eigenvalue weighted by Crippen LogP contribution is 2.47. The molecule has 0 spiro atoms. The molecule has 0 radical (unpaired) electrons. The number of rotatable bonds is 4. The van der Waals surface area contributed by atoms with Gasteiger partial charge in [0.2, 0.25) is 0 Å². The molecule has 4 heteroatoms. The Bertz CT molecular complexity index is 896. The van der Waals surface area contributed by atoms with Gasteiger partial charge in [-0.2, -0.15) is 0 Å². The summed E-state index contributed by atoms with van der Waals surface area (Å²) in [7, 11) is 0. The minimum atomic E-state index is -0.0734. The van der Waals surface area contributed by atoms with Gasteiger partial charge in [0.05, 0.1) is 11.4 Å². The Hall–Kier alpha value is -2.72. The topological polar surface area (TPSA) is 32.3 Å². The first kappa shape index (κ1) is 17.7. The normalized spacial score (nSPS) is 13.4. The molecule has 1 N–H and O–H groups in total. The third-order valence-electron chi connectivity index (χ3n) is 4.71. The van der Waals surface area contributed by atoms with Gasteiger partial charge in [0.25, 0.3) is 0 Å². The summed E-state index contributed by atoms with van der Waals surface area (Å²) in [6.07, 6.45) is 1.85. The van der Waals surface area contributed by atoms with E-state index in [0.717, 1.165) is 34.0 Å². The van der Waals surface area contributed by atoms with E-state index in [1.54, 1.807) is 16.7 Å². The van der Waals surface area contributed by atoms with Gasteiger partial charge in [0.1, 0.15) is 0 Å². The van der Waals surface area contributed by atoms with Crippen molar-refractivity contribution in [1.29, 1.82) is 0 Å². The Morgan fingerprint density at radius 1 is 0.889 bits per heavy atom. The number of anilines is 2. The maximum absolute atomic E-state index is 13.2. The van der Waals surface area contributed by atoms with Crippen LogP contribution in [0.2, 0.25) is 0 Å². The molecule has 0 aliphatic carbocycles. The van der Waals surface area contributed by atoms with Gasteiger partial charge in [0, 0.05) is 15.8 Å². The van der Waals surface area contributed by atoms with Crippen LogP contribution < -0.4 is 10.2 Å². The lowest BCUT2D eigenvalue weighted by Crippen LogP contribution is -2.42. The number of hydrogen-bond donors (Lipinski definition) is 1. The molecule has 3 aromatic carbocycles. The average molecular weight is 375 g/mol. The zero-order valence-corrected chi connectivity index (χ0v) is 16.1. The second-order valence-corrected chi connectivity index (χ2v) is 7.83. The molecule has 0 saturated heterocycles. The summed E-state index contributed by atoms with van der Waals surface area (Å²) in [5.41, 5.74) is 3.17. The maximum atomic E-state index is 13.2. The van der Waals surface area contributed by atoms with Crippen molar-refractivity contribution in [2.24, 2.45) is 0 Å². The van der Waals surface area contributed by atoms with E-state index in [1.165, 1.54) is 5.56 Å². The van der Waals surface area contributed by atoms with Gasteiger partial charge >= 0.3 is 6.03 Å². The molecule has 27 heavy (non-hydrogen) atoms. The standard InChI is InChI=1S/C23H22N2OS/c1-17(15-16-18-9-3-2-4-10-18)24-23(26)25-19-11-5-7-13-21(19)27-22-14-8-6-12-20(22)25/h2-14,17H,15-16H2,1H3,(H,24,26). The van der Waals surface area contributed by atoms with Gasteiger partial charge in [-0.1, -0.05) is 66.4 Å². The van der Waals surface area contributed by atoms with E-state index >= 15 is 0 Å². The van der Waals surface area contributed by atoms with E-state index in [2.05, 4.69) is 48.6 Å². The number of hydrogen-bond acceptors (Lipinski definition) is 2. The molecule has 3 aromatic rings. The number of aryl methyl sites for hydroxylation is 1. The SMILES string of the molecule is CC(CCc1ccccc1)NC(=O)N1c2ccccc2Sc2ccccc21. The number of para-hydroxylation sites is 2. The van der Waals surface area contributed by atoms with Crippen LogP contribution in [0.1, 0.15) is 18.9 Å². The van der Waals surface area contributed by atoms with E-state index in [4.69, 9.17) is 0 Å². The van der Waals surface area contributed by atoms with Crippen LogP contribution in [0.25, 0.3) is 0 Å². The molecule has 136 valence electrons. The van der Waals surface area contributed by atoms with Crippen LogP contribution in [0.5, 0.6) is 0 Å². The average Bonchev–Trinajstić information content (AvgIpc) is 2.71. The van der Waals surface area contributed by atoms with Gasteiger partial charge in [0.15, 0.2) is 0 Å². The Labute approximate surface area is 164 Å². The third-order valence-corrected chi connectivity index (χ3v) is 5.84. The predicted molar refractivity (Wildman–Crippen MR) is 112 cm³/mol. The van der Waals surface area contributed by atoms with E-state index in [9.17, 15) is 4.79 Å². The van der Waals surface area contributed by atoms with Crippen molar-refractivity contribution in [1.82, 2.24) is 5.32 Å². The van der Waals surface area contributed by atoms with Crippen molar-refractivity contribution in [3.8, 4) is 0 Å². The van der Waals surface area contributed by atoms with Gasteiger partial charge in [-0.25, -0.2) is 4.79 Å². The highest BCUT2D eigenvalue weighted by molar-refractivity contribution is 7.99. The molecule has 1 aliphatic rings. The summed E-state index contributed by atoms with van der Waals surface area (Å²) in [4.78, 5) is 17.2. The fourth-order valence-electron chi connectivity index (χ4n) is 3.30. The van der Waals surface area contributed by atoms with Gasteiger partial charge in [-0.15, -0.1) is 0 Å². The second-order valence-electron chi connectivity index (χ2n) is 6.75. The van der Waals surface area contributed by atoms with Crippen molar-refractivity contribution in [3.63, 3.8) is 0 Å². The first-order valence-corrected chi connectivity index (χ1v) is 10.0. The number of amides is 2. The Morgan fingerprint density at radius 2 is 1.44 bits per heavy atom. The van der Waals surface area contributed by atoms with Gasteiger partial charge in [-0.05, 0) is 49.6 Å². The third kappa shape index (κ3) is 3.86. The molecular weight excluding hydrogens is 352 g/mol. The molecule has 2 amide bonds. The molecule has 0 aromatic heterocycles. The van der Waals surface area contributed by atoms with Crippen molar-refractivity contribution in [2.45, 2.75) is 35.6 Å². The minimum absolute atomic E-state index is 0.0734. The van der Waals surface area contributed by atoms with Crippen LogP contribution >= 0.6 is 11.8 Å². The molecule has 0 fully saturated rings. The molecular formula is C23H22N2OS. The van der Waals surface area contributed by atoms with E-state index in [-0.39, 0.29) is 12.1 Å². The van der Waals surface area contributed by atoms with Crippen LogP contribution in [-0.2, 0) is 6.42 Å². The summed E-state index contributed by atoms with van der Waals surface area (Å²) in [5.74, 6) is 0. The van der Waals surface area contributed by atoms with Crippen molar-refractivity contribution in [3.05, 3.63) is 84.4 Å².